The van der Waals surface area contributed by atoms with Gasteiger partial charge in [0, 0.05) is 13.2 Å². The maximum Gasteiger partial charge on any atom is 0.206 e. The maximum atomic E-state index is 13.2. The molecular weight excluding hydrogens is 273 g/mol. The molecule has 0 radical (unpaired) electrons. The first-order valence-electron chi connectivity index (χ1n) is 5.39. The van der Waals surface area contributed by atoms with Gasteiger partial charge < -0.3 is 15.2 Å². The molecule has 1 atom stereocenters. The molecule has 108 valence electrons. The Morgan fingerprint density at radius 2 is 1.42 bits per heavy atom. The van der Waals surface area contributed by atoms with Crippen LogP contribution in [0.1, 0.15) is 6.92 Å². The number of benzene rings is 1. The van der Waals surface area contributed by atoms with E-state index in [1.54, 1.807) is 6.92 Å². The van der Waals surface area contributed by atoms with Gasteiger partial charge in [-0.3, -0.25) is 0 Å². The Labute approximate surface area is 106 Å². The first-order valence-corrected chi connectivity index (χ1v) is 5.39. The Bertz CT molecular complexity index is 426. The quantitative estimate of drug-likeness (QED) is 0.495. The van der Waals surface area contributed by atoms with Gasteiger partial charge in [0.25, 0.3) is 0 Å². The molecule has 0 spiro atoms. The van der Waals surface area contributed by atoms with Crippen LogP contribution in [-0.4, -0.2) is 25.9 Å². The van der Waals surface area contributed by atoms with Gasteiger partial charge in [-0.2, -0.15) is 8.78 Å². The zero-order chi connectivity index (χ0) is 14.6. The van der Waals surface area contributed by atoms with Gasteiger partial charge in [0.05, 0.1) is 0 Å². The summed E-state index contributed by atoms with van der Waals surface area (Å²) >= 11 is 0. The second-order valence-electron chi connectivity index (χ2n) is 3.52. The fourth-order valence-corrected chi connectivity index (χ4v) is 1.31. The second-order valence-corrected chi connectivity index (χ2v) is 3.52. The standard InChI is InChI=1S/C11H12F5NO2/c1-2-18-5(3-17)4-19-11-9(15)7(13)6(12)8(14)10(11)16/h5H,2-4,17H2,1H3. The van der Waals surface area contributed by atoms with Gasteiger partial charge in [0.15, 0.2) is 5.75 Å². The van der Waals surface area contributed by atoms with Crippen LogP contribution in [0.4, 0.5) is 22.0 Å². The third kappa shape index (κ3) is 3.32. The molecule has 1 aromatic carbocycles. The SMILES string of the molecule is CCOC(CN)COc1c(F)c(F)c(F)c(F)c1F. The lowest BCUT2D eigenvalue weighted by Crippen LogP contribution is -2.30. The van der Waals surface area contributed by atoms with Crippen LogP contribution in [0.5, 0.6) is 5.75 Å². The van der Waals surface area contributed by atoms with E-state index < -0.39 is 47.5 Å². The first kappa shape index (κ1) is 15.6. The zero-order valence-electron chi connectivity index (χ0n) is 9.98. The Morgan fingerprint density at radius 1 is 0.947 bits per heavy atom. The molecular formula is C11H12F5NO2. The topological polar surface area (TPSA) is 44.5 Å². The van der Waals surface area contributed by atoms with Crippen molar-refractivity contribution < 1.29 is 31.4 Å². The Hall–Kier alpha value is -1.41. The van der Waals surface area contributed by atoms with E-state index in [4.69, 9.17) is 10.5 Å². The highest BCUT2D eigenvalue weighted by atomic mass is 19.2. The molecule has 0 aliphatic carbocycles. The van der Waals surface area contributed by atoms with E-state index in [-0.39, 0.29) is 13.2 Å². The highest BCUT2D eigenvalue weighted by Crippen LogP contribution is 2.29. The average molecular weight is 285 g/mol. The van der Waals surface area contributed by atoms with Gasteiger partial charge >= 0.3 is 0 Å². The van der Waals surface area contributed by atoms with E-state index in [9.17, 15) is 22.0 Å². The minimum Gasteiger partial charge on any atom is -0.485 e. The van der Waals surface area contributed by atoms with Gasteiger partial charge in [-0.25, -0.2) is 13.2 Å². The molecule has 0 amide bonds. The van der Waals surface area contributed by atoms with Crippen LogP contribution in [-0.2, 0) is 4.74 Å². The molecule has 8 heteroatoms. The highest BCUT2D eigenvalue weighted by Gasteiger charge is 2.27. The largest absolute Gasteiger partial charge is 0.485 e. The van der Waals surface area contributed by atoms with Crippen molar-refractivity contribution in [2.24, 2.45) is 5.73 Å². The smallest absolute Gasteiger partial charge is 0.206 e. The number of hydrogen-bond acceptors (Lipinski definition) is 3. The minimum atomic E-state index is -2.23. The molecule has 1 aromatic rings. The molecule has 0 fully saturated rings. The van der Waals surface area contributed by atoms with Crippen LogP contribution in [0.15, 0.2) is 0 Å². The van der Waals surface area contributed by atoms with Crippen LogP contribution in [0.25, 0.3) is 0 Å². The third-order valence-corrected chi connectivity index (χ3v) is 2.25. The molecule has 0 saturated heterocycles. The molecule has 0 saturated carbocycles. The molecule has 0 aromatic heterocycles. The first-order chi connectivity index (χ1) is 8.93. The average Bonchev–Trinajstić information content (AvgIpc) is 2.41. The summed E-state index contributed by atoms with van der Waals surface area (Å²) in [5.41, 5.74) is 5.28. The summed E-state index contributed by atoms with van der Waals surface area (Å²) in [5, 5.41) is 0. The number of rotatable bonds is 6. The fraction of sp³-hybridized carbons (Fsp3) is 0.455. The van der Waals surface area contributed by atoms with E-state index in [1.807, 2.05) is 0 Å². The van der Waals surface area contributed by atoms with Crippen molar-refractivity contribution in [2.45, 2.75) is 13.0 Å². The van der Waals surface area contributed by atoms with E-state index in [0.29, 0.717) is 0 Å². The predicted molar refractivity (Wildman–Crippen MR) is 56.2 cm³/mol. The molecule has 0 heterocycles. The molecule has 1 rings (SSSR count). The Kier molecular flexibility index (Phi) is 5.49. The van der Waals surface area contributed by atoms with Crippen molar-refractivity contribution in [3.63, 3.8) is 0 Å². The number of ether oxygens (including phenoxy) is 2. The van der Waals surface area contributed by atoms with Gasteiger partial charge in [-0.1, -0.05) is 0 Å². The molecule has 0 aliphatic heterocycles. The molecule has 1 unspecified atom stereocenters. The van der Waals surface area contributed by atoms with Crippen LogP contribution in [0.3, 0.4) is 0 Å². The molecule has 3 nitrogen and oxygen atoms in total. The van der Waals surface area contributed by atoms with Crippen LogP contribution < -0.4 is 10.5 Å². The second kappa shape index (κ2) is 6.67. The number of nitrogens with two attached hydrogens (primary N) is 1. The molecule has 0 aliphatic rings. The summed E-state index contributed by atoms with van der Waals surface area (Å²) in [7, 11) is 0. The number of halogens is 5. The fourth-order valence-electron chi connectivity index (χ4n) is 1.31. The van der Waals surface area contributed by atoms with Crippen molar-refractivity contribution in [3.8, 4) is 5.75 Å². The van der Waals surface area contributed by atoms with Crippen molar-refractivity contribution in [3.05, 3.63) is 29.1 Å². The van der Waals surface area contributed by atoms with Crippen molar-refractivity contribution in [1.29, 1.82) is 0 Å². The van der Waals surface area contributed by atoms with Gasteiger partial charge in [-0.15, -0.1) is 0 Å². The monoisotopic (exact) mass is 285 g/mol. The van der Waals surface area contributed by atoms with Crippen LogP contribution >= 0.6 is 0 Å². The molecule has 0 bridgehead atoms. The van der Waals surface area contributed by atoms with E-state index in [1.165, 1.54) is 0 Å². The summed E-state index contributed by atoms with van der Waals surface area (Å²) in [4.78, 5) is 0. The summed E-state index contributed by atoms with van der Waals surface area (Å²) in [6, 6.07) is 0. The number of hydrogen-bond donors (Lipinski definition) is 1. The molecule has 19 heavy (non-hydrogen) atoms. The van der Waals surface area contributed by atoms with Crippen LogP contribution in [0, 0.1) is 29.1 Å². The van der Waals surface area contributed by atoms with Gasteiger partial charge in [0.1, 0.15) is 12.7 Å². The lowest BCUT2D eigenvalue weighted by Gasteiger charge is -2.16. The predicted octanol–water partition coefficient (Wildman–Crippen LogP) is 2.12. The van der Waals surface area contributed by atoms with Gasteiger partial charge in [0.2, 0.25) is 29.1 Å². The Balaban J connectivity index is 2.95. The summed E-state index contributed by atoms with van der Waals surface area (Å²) in [6.45, 7) is 1.47. The normalized spacial score (nSPS) is 12.6. The van der Waals surface area contributed by atoms with Crippen molar-refractivity contribution in [2.75, 3.05) is 19.8 Å². The lowest BCUT2D eigenvalue weighted by atomic mass is 10.2. The summed E-state index contributed by atoms with van der Waals surface area (Å²) in [5.74, 6) is -11.7. The third-order valence-electron chi connectivity index (χ3n) is 2.25. The zero-order valence-corrected chi connectivity index (χ0v) is 9.98. The van der Waals surface area contributed by atoms with E-state index in [2.05, 4.69) is 4.74 Å². The molecule has 2 N–H and O–H groups in total. The van der Waals surface area contributed by atoms with Crippen molar-refractivity contribution in [1.82, 2.24) is 0 Å². The van der Waals surface area contributed by atoms with Crippen LogP contribution in [0.2, 0.25) is 0 Å². The maximum absolute atomic E-state index is 13.2. The Morgan fingerprint density at radius 3 is 1.84 bits per heavy atom. The van der Waals surface area contributed by atoms with Gasteiger partial charge in [-0.05, 0) is 6.92 Å². The summed E-state index contributed by atoms with van der Waals surface area (Å²) < 4.78 is 74.5. The van der Waals surface area contributed by atoms with Crippen molar-refractivity contribution >= 4 is 0 Å². The minimum absolute atomic E-state index is 0.0246. The highest BCUT2D eigenvalue weighted by molar-refractivity contribution is 5.29. The lowest BCUT2D eigenvalue weighted by molar-refractivity contribution is 0.0310. The summed E-state index contributed by atoms with van der Waals surface area (Å²) in [6.07, 6.45) is -0.708. The van der Waals surface area contributed by atoms with E-state index in [0.717, 1.165) is 0 Å². The van der Waals surface area contributed by atoms with E-state index >= 15 is 0 Å².